The smallest absolute Gasteiger partial charge is 0.339 e. The van der Waals surface area contributed by atoms with Crippen molar-refractivity contribution >= 4 is 29.0 Å². The summed E-state index contributed by atoms with van der Waals surface area (Å²) >= 11 is 0. The van der Waals surface area contributed by atoms with Crippen LogP contribution in [0.4, 0.5) is 0 Å². The molecule has 2 rings (SSSR count). The molecule has 7 nitrogen and oxygen atoms in total. The predicted molar refractivity (Wildman–Crippen MR) is 97.8 cm³/mol. The van der Waals surface area contributed by atoms with Crippen LogP contribution in [0.5, 0.6) is 0 Å². The van der Waals surface area contributed by atoms with Crippen molar-refractivity contribution in [3.05, 3.63) is 41.2 Å². The molecule has 0 aliphatic carbocycles. The first kappa shape index (κ1) is 20.4. The fourth-order valence-electron chi connectivity index (χ4n) is 3.26. The van der Waals surface area contributed by atoms with Crippen molar-refractivity contribution < 1.29 is 28.7 Å². The maximum atomic E-state index is 12.6. The molecule has 0 saturated carbocycles. The van der Waals surface area contributed by atoms with Gasteiger partial charge in [0, 0.05) is 17.4 Å². The minimum Gasteiger partial charge on any atom is -0.465 e. The lowest BCUT2D eigenvalue weighted by Crippen LogP contribution is -2.49. The summed E-state index contributed by atoms with van der Waals surface area (Å²) in [6.07, 6.45) is 1.61. The Morgan fingerprint density at radius 1 is 1.00 bits per heavy atom. The maximum Gasteiger partial charge on any atom is 0.339 e. The number of ketones is 2. The molecule has 0 unspecified atom stereocenters. The van der Waals surface area contributed by atoms with Crippen molar-refractivity contribution in [2.45, 2.75) is 40.0 Å². The summed E-state index contributed by atoms with van der Waals surface area (Å²) < 4.78 is 11.8. The van der Waals surface area contributed by atoms with E-state index >= 15 is 0 Å². The van der Waals surface area contributed by atoms with Gasteiger partial charge in [0.15, 0.2) is 11.6 Å². The first-order chi connectivity index (χ1) is 12.7. The fraction of sp³-hybridized carbons (Fsp3) is 0.400. The van der Waals surface area contributed by atoms with Crippen LogP contribution in [0.15, 0.2) is 24.4 Å². The number of aromatic nitrogens is 1. The highest BCUT2D eigenvalue weighted by molar-refractivity contribution is 6.27. The molecule has 0 saturated heterocycles. The van der Waals surface area contributed by atoms with Gasteiger partial charge < -0.3 is 13.9 Å². The van der Waals surface area contributed by atoms with E-state index in [1.807, 2.05) is 0 Å². The van der Waals surface area contributed by atoms with Crippen molar-refractivity contribution in [2.24, 2.45) is 0 Å². The van der Waals surface area contributed by atoms with Gasteiger partial charge in [0.2, 0.25) is 5.41 Å². The molecule has 0 aliphatic rings. The van der Waals surface area contributed by atoms with Crippen molar-refractivity contribution in [3.8, 4) is 0 Å². The molecule has 0 amide bonds. The minimum atomic E-state index is -2.03. The molecule has 0 aliphatic heterocycles. The third-order valence-corrected chi connectivity index (χ3v) is 4.59. The molecule has 0 aromatic carbocycles. The van der Waals surface area contributed by atoms with Crippen LogP contribution in [-0.4, -0.2) is 41.1 Å². The van der Waals surface area contributed by atoms with E-state index in [0.717, 1.165) is 0 Å². The largest absolute Gasteiger partial charge is 0.465 e. The molecular weight excluding hydrogens is 350 g/mol. The number of carbonyl (C=O) groups is 4. The number of esters is 2. The van der Waals surface area contributed by atoms with E-state index < -0.39 is 28.9 Å². The van der Waals surface area contributed by atoms with E-state index in [0.29, 0.717) is 16.8 Å². The fourth-order valence-corrected chi connectivity index (χ4v) is 3.26. The highest BCUT2D eigenvalue weighted by Crippen LogP contribution is 2.31. The molecule has 2 heterocycles. The lowest BCUT2D eigenvalue weighted by molar-refractivity contribution is -0.156. The first-order valence-corrected chi connectivity index (χ1v) is 8.70. The number of hydrogen-bond acceptors (Lipinski definition) is 6. The van der Waals surface area contributed by atoms with Gasteiger partial charge in [-0.25, -0.2) is 4.79 Å². The molecule has 0 fully saturated rings. The van der Waals surface area contributed by atoms with Gasteiger partial charge in [0.25, 0.3) is 0 Å². The number of rotatable bonds is 7. The van der Waals surface area contributed by atoms with Gasteiger partial charge in [0.05, 0.1) is 18.8 Å². The average molecular weight is 373 g/mol. The van der Waals surface area contributed by atoms with E-state index in [1.54, 1.807) is 43.5 Å². The molecule has 0 atom stereocenters. The molecule has 0 N–H and O–H groups in total. The van der Waals surface area contributed by atoms with Crippen molar-refractivity contribution in [3.63, 3.8) is 0 Å². The van der Waals surface area contributed by atoms with E-state index in [1.165, 1.54) is 19.9 Å². The van der Waals surface area contributed by atoms with Crippen LogP contribution in [0.3, 0.4) is 0 Å². The first-order valence-electron chi connectivity index (χ1n) is 8.70. The normalized spacial score (nSPS) is 11.3. The van der Waals surface area contributed by atoms with Gasteiger partial charge in [-0.15, -0.1) is 0 Å². The topological polar surface area (TPSA) is 91.2 Å². The Morgan fingerprint density at radius 3 is 2.11 bits per heavy atom. The van der Waals surface area contributed by atoms with E-state index in [2.05, 4.69) is 0 Å². The summed E-state index contributed by atoms with van der Waals surface area (Å²) in [6.45, 7) is 7.75. The van der Waals surface area contributed by atoms with Gasteiger partial charge in [0.1, 0.15) is 0 Å². The van der Waals surface area contributed by atoms with Crippen LogP contribution < -0.4 is 0 Å². The molecule has 0 bridgehead atoms. The van der Waals surface area contributed by atoms with E-state index in [4.69, 9.17) is 9.47 Å². The summed E-state index contributed by atoms with van der Waals surface area (Å²) in [4.78, 5) is 49.6. The molecule has 7 heteroatoms. The highest BCUT2D eigenvalue weighted by atomic mass is 16.5. The number of ether oxygens (including phenoxy) is 2. The number of fused-ring (bicyclic) bond motifs is 1. The Labute approximate surface area is 157 Å². The zero-order valence-electron chi connectivity index (χ0n) is 16.1. The van der Waals surface area contributed by atoms with Crippen LogP contribution in [0.1, 0.15) is 49.3 Å². The number of aryl methyl sites for hydroxylation is 1. The second kappa shape index (κ2) is 7.73. The molecule has 144 valence electrons. The zero-order chi connectivity index (χ0) is 20.4. The molecule has 0 spiro atoms. The molecule has 0 radical (unpaired) electrons. The lowest BCUT2D eigenvalue weighted by Gasteiger charge is -2.26. The number of Topliss-reactive ketones (excluding diaryl/α,β-unsaturated/α-hetero) is 2. The average Bonchev–Trinajstić information content (AvgIpc) is 2.92. The standard InChI is InChI=1S/C20H23NO6/c1-6-26-18(24)17-11-16-10-15(8-9-21(16)12(17)3)20(13(4)22,14(5)23)19(25)27-7-2/h8-11H,6-7H2,1-5H3. The van der Waals surface area contributed by atoms with Crippen molar-refractivity contribution in [2.75, 3.05) is 13.2 Å². The number of nitrogens with zero attached hydrogens (tertiary/aromatic N) is 1. The summed E-state index contributed by atoms with van der Waals surface area (Å²) in [5, 5.41) is 0. The highest BCUT2D eigenvalue weighted by Gasteiger charge is 2.51. The summed E-state index contributed by atoms with van der Waals surface area (Å²) in [5.41, 5.74) is -0.227. The van der Waals surface area contributed by atoms with Crippen LogP contribution in [0, 0.1) is 6.92 Å². The Bertz CT molecular complexity index is 910. The Morgan fingerprint density at radius 2 is 1.59 bits per heavy atom. The Hall–Kier alpha value is -2.96. The summed E-state index contributed by atoms with van der Waals surface area (Å²) in [6, 6.07) is 4.68. The third-order valence-electron chi connectivity index (χ3n) is 4.59. The van der Waals surface area contributed by atoms with Crippen LogP contribution >= 0.6 is 0 Å². The number of hydrogen-bond donors (Lipinski definition) is 0. The summed E-state index contributed by atoms with van der Waals surface area (Å²) in [5.74, 6) is -2.60. The van der Waals surface area contributed by atoms with E-state index in [-0.39, 0.29) is 18.8 Å². The molecular formula is C20H23NO6. The summed E-state index contributed by atoms with van der Waals surface area (Å²) in [7, 11) is 0. The SMILES string of the molecule is CCOC(=O)c1cc2cc(C(C(C)=O)(C(C)=O)C(=O)OCC)ccn2c1C. The Balaban J connectivity index is 2.71. The second-order valence-corrected chi connectivity index (χ2v) is 6.16. The van der Waals surface area contributed by atoms with Gasteiger partial charge in [-0.1, -0.05) is 0 Å². The number of pyridine rings is 1. The Kier molecular flexibility index (Phi) is 5.83. The minimum absolute atomic E-state index is 0.0423. The van der Waals surface area contributed by atoms with Crippen molar-refractivity contribution in [1.82, 2.24) is 4.40 Å². The van der Waals surface area contributed by atoms with Crippen LogP contribution in [0.2, 0.25) is 0 Å². The van der Waals surface area contributed by atoms with Gasteiger partial charge >= 0.3 is 11.9 Å². The molecule has 2 aromatic heterocycles. The zero-order valence-corrected chi connectivity index (χ0v) is 16.1. The van der Waals surface area contributed by atoms with Crippen LogP contribution in [0.25, 0.3) is 5.52 Å². The van der Waals surface area contributed by atoms with Gasteiger partial charge in [-0.3, -0.25) is 14.4 Å². The van der Waals surface area contributed by atoms with E-state index in [9.17, 15) is 19.2 Å². The monoisotopic (exact) mass is 373 g/mol. The quantitative estimate of drug-likeness (QED) is 0.547. The number of carbonyl (C=O) groups excluding carboxylic acids is 4. The molecule has 2 aromatic rings. The van der Waals surface area contributed by atoms with Crippen LogP contribution in [-0.2, 0) is 29.3 Å². The predicted octanol–water partition coefficient (Wildman–Crippen LogP) is 2.40. The lowest BCUT2D eigenvalue weighted by atomic mass is 9.74. The second-order valence-electron chi connectivity index (χ2n) is 6.16. The van der Waals surface area contributed by atoms with Gasteiger partial charge in [-0.2, -0.15) is 0 Å². The van der Waals surface area contributed by atoms with Crippen molar-refractivity contribution in [1.29, 1.82) is 0 Å². The third kappa shape index (κ3) is 3.25. The van der Waals surface area contributed by atoms with Gasteiger partial charge in [-0.05, 0) is 58.4 Å². The molecule has 27 heavy (non-hydrogen) atoms. The maximum absolute atomic E-state index is 12.6.